The lowest BCUT2D eigenvalue weighted by Gasteiger charge is -2.51. The Morgan fingerprint density at radius 2 is 2.03 bits per heavy atom. The molecule has 3 rings (SSSR count). The molecule has 0 saturated carbocycles. The number of carbonyl (C=O) groups is 2. The third-order valence-corrected chi connectivity index (χ3v) is 6.70. The molecule has 0 aromatic heterocycles. The van der Waals surface area contributed by atoms with Crippen molar-refractivity contribution in [2.24, 2.45) is 5.92 Å². The van der Waals surface area contributed by atoms with E-state index in [1.807, 2.05) is 26.0 Å². The van der Waals surface area contributed by atoms with Crippen LogP contribution in [0, 0.1) is 5.92 Å². The van der Waals surface area contributed by atoms with Crippen molar-refractivity contribution in [3.05, 3.63) is 47.1 Å². The molecule has 0 unspecified atom stereocenters. The van der Waals surface area contributed by atoms with Gasteiger partial charge in [0, 0.05) is 32.1 Å². The molecule has 5 atom stereocenters. The summed E-state index contributed by atoms with van der Waals surface area (Å²) in [6.45, 7) is 13.0. The number of hydrogen-bond acceptors (Lipinski definition) is 6. The summed E-state index contributed by atoms with van der Waals surface area (Å²) in [7, 11) is 0. The van der Waals surface area contributed by atoms with Crippen LogP contribution < -0.4 is 0 Å². The van der Waals surface area contributed by atoms with Crippen LogP contribution in [0.5, 0.6) is 0 Å². The molecule has 0 aromatic carbocycles. The number of esters is 1. The molecule has 0 radical (unpaired) electrons. The van der Waals surface area contributed by atoms with Gasteiger partial charge in [0.2, 0.25) is 0 Å². The van der Waals surface area contributed by atoms with Crippen LogP contribution in [-0.2, 0) is 23.8 Å². The maximum atomic E-state index is 12.3. The van der Waals surface area contributed by atoms with Gasteiger partial charge in [-0.25, -0.2) is 0 Å². The zero-order valence-corrected chi connectivity index (χ0v) is 20.6. The third-order valence-electron chi connectivity index (χ3n) is 6.70. The molecule has 1 saturated heterocycles. The lowest BCUT2D eigenvalue weighted by molar-refractivity contribution is -0.297. The quantitative estimate of drug-likeness (QED) is 0.439. The number of ether oxygens (including phenoxy) is 3. The summed E-state index contributed by atoms with van der Waals surface area (Å²) >= 11 is 0. The van der Waals surface area contributed by atoms with Crippen LogP contribution in [0.15, 0.2) is 47.1 Å². The van der Waals surface area contributed by atoms with Crippen molar-refractivity contribution in [1.82, 2.24) is 0 Å². The summed E-state index contributed by atoms with van der Waals surface area (Å²) in [6.07, 6.45) is 9.09. The Hall–Kier alpha value is -2.02. The van der Waals surface area contributed by atoms with Crippen LogP contribution in [0.1, 0.15) is 73.1 Å². The number of rotatable bonds is 7. The third kappa shape index (κ3) is 6.31. The predicted octanol–water partition coefficient (Wildman–Crippen LogP) is 4.73. The van der Waals surface area contributed by atoms with Gasteiger partial charge in [-0.3, -0.25) is 9.59 Å². The summed E-state index contributed by atoms with van der Waals surface area (Å²) in [5, 5.41) is 10.1. The van der Waals surface area contributed by atoms with Crippen molar-refractivity contribution in [1.29, 1.82) is 0 Å². The molecule has 1 aliphatic carbocycles. The molecule has 2 heterocycles. The van der Waals surface area contributed by atoms with E-state index in [1.54, 1.807) is 6.92 Å². The average molecular weight is 459 g/mol. The van der Waals surface area contributed by atoms with E-state index < -0.39 is 11.4 Å². The summed E-state index contributed by atoms with van der Waals surface area (Å²) in [6, 6.07) is 0. The minimum absolute atomic E-state index is 0.0654. The maximum Gasteiger partial charge on any atom is 0.303 e. The molecule has 182 valence electrons. The van der Waals surface area contributed by atoms with Crippen molar-refractivity contribution in [3.63, 3.8) is 0 Å². The zero-order chi connectivity index (χ0) is 24.4. The minimum Gasteiger partial charge on any atom is -0.459 e. The molecule has 1 spiro atoms. The summed E-state index contributed by atoms with van der Waals surface area (Å²) < 4.78 is 18.8. The van der Waals surface area contributed by atoms with Gasteiger partial charge in [-0.15, -0.1) is 6.58 Å². The smallest absolute Gasteiger partial charge is 0.303 e. The van der Waals surface area contributed by atoms with Crippen molar-refractivity contribution in [3.8, 4) is 0 Å². The molecule has 1 fully saturated rings. The highest BCUT2D eigenvalue weighted by Crippen LogP contribution is 2.47. The molecule has 1 N–H and O–H groups in total. The first-order chi connectivity index (χ1) is 15.4. The highest BCUT2D eigenvalue weighted by atomic mass is 16.7. The van der Waals surface area contributed by atoms with Crippen molar-refractivity contribution in [2.75, 3.05) is 6.61 Å². The molecule has 3 aliphatic rings. The van der Waals surface area contributed by atoms with Gasteiger partial charge >= 0.3 is 5.97 Å². The number of Topliss-reactive ketones (excluding diaryl/α,β-unsaturated/α-hetero) is 1. The Morgan fingerprint density at radius 1 is 1.30 bits per heavy atom. The Morgan fingerprint density at radius 3 is 2.67 bits per heavy atom. The van der Waals surface area contributed by atoms with E-state index in [-0.39, 0.29) is 36.5 Å². The van der Waals surface area contributed by atoms with E-state index in [9.17, 15) is 14.7 Å². The van der Waals surface area contributed by atoms with Gasteiger partial charge in [-0.05, 0) is 70.3 Å². The average Bonchev–Trinajstić information content (AvgIpc) is 2.66. The Balaban J connectivity index is 1.92. The summed E-state index contributed by atoms with van der Waals surface area (Å²) in [5.41, 5.74) is 2.96. The number of fused-ring (bicyclic) bond motifs is 1. The predicted molar refractivity (Wildman–Crippen MR) is 126 cm³/mol. The molecule has 0 aromatic rings. The SMILES string of the molecule is C=C(C)CCC/C(C)=C/[C@@H]1C[C@@](C)(OC(C)=O)C[C@]2(C=C(CO)[C@H]3CC(=O)C(C)=C[C@H]3O2)O1. The summed E-state index contributed by atoms with van der Waals surface area (Å²) in [5.74, 6) is -1.65. The zero-order valence-electron chi connectivity index (χ0n) is 20.6. The van der Waals surface area contributed by atoms with Crippen LogP contribution in [0.2, 0.25) is 0 Å². The second-order valence-corrected chi connectivity index (χ2v) is 10.3. The van der Waals surface area contributed by atoms with E-state index in [1.165, 1.54) is 18.1 Å². The van der Waals surface area contributed by atoms with Gasteiger partial charge in [0.25, 0.3) is 0 Å². The molecule has 2 aliphatic heterocycles. The fraction of sp³-hybridized carbons (Fsp3) is 0.630. The number of ketones is 1. The van der Waals surface area contributed by atoms with Gasteiger partial charge < -0.3 is 19.3 Å². The summed E-state index contributed by atoms with van der Waals surface area (Å²) in [4.78, 5) is 24.2. The standard InChI is InChI=1S/C27H38O6/c1-17(2)8-7-9-18(3)10-22-14-26(6,31-20(5)29)16-27(32-22)13-21(15-28)23-12-24(30)19(4)11-25(23)33-27/h10-11,13,22-23,25,28H,1,7-9,12,14-16H2,2-6H3/b18-10+/t22-,23-,25-,26-,27-/m1/s1. The van der Waals surface area contributed by atoms with Crippen molar-refractivity contribution >= 4 is 11.8 Å². The van der Waals surface area contributed by atoms with Crippen LogP contribution in [0.4, 0.5) is 0 Å². The first-order valence-electron chi connectivity index (χ1n) is 11.9. The van der Waals surface area contributed by atoms with E-state index in [2.05, 4.69) is 19.6 Å². The minimum atomic E-state index is -1.15. The lowest BCUT2D eigenvalue weighted by Crippen LogP contribution is -2.57. The fourth-order valence-corrected chi connectivity index (χ4v) is 5.31. The van der Waals surface area contributed by atoms with Gasteiger partial charge in [0.05, 0.1) is 18.8 Å². The van der Waals surface area contributed by atoms with Gasteiger partial charge in [-0.1, -0.05) is 17.2 Å². The maximum absolute atomic E-state index is 12.3. The van der Waals surface area contributed by atoms with E-state index in [4.69, 9.17) is 14.2 Å². The topological polar surface area (TPSA) is 82.1 Å². The normalized spacial score (nSPS) is 34.4. The molecular formula is C27H38O6. The van der Waals surface area contributed by atoms with Gasteiger partial charge in [0.1, 0.15) is 5.60 Å². The van der Waals surface area contributed by atoms with Crippen LogP contribution >= 0.6 is 0 Å². The first-order valence-corrected chi connectivity index (χ1v) is 11.9. The van der Waals surface area contributed by atoms with Crippen molar-refractivity contribution in [2.45, 2.75) is 96.7 Å². The van der Waals surface area contributed by atoms with E-state index >= 15 is 0 Å². The molecule has 6 nitrogen and oxygen atoms in total. The lowest BCUT2D eigenvalue weighted by atomic mass is 9.77. The molecule has 33 heavy (non-hydrogen) atoms. The number of allylic oxidation sites excluding steroid dienone is 3. The Bertz CT molecular complexity index is 896. The van der Waals surface area contributed by atoms with Gasteiger partial charge in [-0.2, -0.15) is 0 Å². The fourth-order valence-electron chi connectivity index (χ4n) is 5.31. The largest absolute Gasteiger partial charge is 0.459 e. The number of carbonyl (C=O) groups excluding carboxylic acids is 2. The monoisotopic (exact) mass is 458 g/mol. The molecule has 6 heteroatoms. The molecular weight excluding hydrogens is 420 g/mol. The van der Waals surface area contributed by atoms with E-state index in [0.29, 0.717) is 24.8 Å². The van der Waals surface area contributed by atoms with Crippen LogP contribution in [-0.4, -0.2) is 47.1 Å². The second kappa shape index (κ2) is 10.1. The first kappa shape index (κ1) is 25.6. The van der Waals surface area contributed by atoms with Crippen molar-refractivity contribution < 1.29 is 28.9 Å². The number of aliphatic hydroxyl groups excluding tert-OH is 1. The Labute approximate surface area is 197 Å². The van der Waals surface area contributed by atoms with Crippen LogP contribution in [0.3, 0.4) is 0 Å². The number of aliphatic hydroxyl groups is 1. The highest BCUT2D eigenvalue weighted by Gasteiger charge is 2.53. The molecule has 0 amide bonds. The second-order valence-electron chi connectivity index (χ2n) is 10.3. The van der Waals surface area contributed by atoms with E-state index in [0.717, 1.165) is 24.8 Å². The molecule has 0 bridgehead atoms. The van der Waals surface area contributed by atoms with Gasteiger partial charge in [0.15, 0.2) is 11.6 Å². The highest BCUT2D eigenvalue weighted by molar-refractivity contribution is 5.96. The Kier molecular flexibility index (Phi) is 7.82. The number of hydrogen-bond donors (Lipinski definition) is 1. The van der Waals surface area contributed by atoms with Crippen LogP contribution in [0.25, 0.3) is 0 Å².